The molecule has 1 fully saturated rings. The maximum absolute atomic E-state index is 13.6. The molecule has 0 saturated heterocycles. The van der Waals surface area contributed by atoms with Crippen molar-refractivity contribution in [2.45, 2.75) is 45.1 Å². The molecule has 1 saturated carbocycles. The lowest BCUT2D eigenvalue weighted by Crippen LogP contribution is -2.41. The zero-order valence-electron chi connectivity index (χ0n) is 13.1. The van der Waals surface area contributed by atoms with Crippen LogP contribution in [0, 0.1) is 11.7 Å². The molecule has 122 valence electrons. The Bertz CT molecular complexity index is 781. The van der Waals surface area contributed by atoms with Gasteiger partial charge in [-0.2, -0.15) is 5.10 Å². The predicted molar refractivity (Wildman–Crippen MR) is 85.8 cm³/mol. The lowest BCUT2D eigenvalue weighted by molar-refractivity contribution is 0.0912. The number of nitrogens with one attached hydrogen (secondary N) is 2. The fourth-order valence-corrected chi connectivity index (χ4v) is 3.30. The number of halogens is 1. The summed E-state index contributed by atoms with van der Waals surface area (Å²) in [6, 6.07) is 4.16. The lowest BCUT2D eigenvalue weighted by atomic mass is 9.84. The number of para-hydroxylation sites is 1. The minimum atomic E-state index is -0.561. The molecule has 1 heterocycles. The largest absolute Gasteiger partial charge is 0.348 e. The van der Waals surface area contributed by atoms with Crippen LogP contribution < -0.4 is 10.7 Å². The zero-order valence-corrected chi connectivity index (χ0v) is 13.1. The third-order valence-electron chi connectivity index (χ3n) is 4.68. The van der Waals surface area contributed by atoms with Crippen LogP contribution in [0.1, 0.15) is 49.5 Å². The number of carbonyl (C=O) groups is 1. The number of nitrogens with zero attached hydrogens (tertiary/aromatic N) is 1. The first-order chi connectivity index (χ1) is 11.1. The van der Waals surface area contributed by atoms with Crippen molar-refractivity contribution in [3.63, 3.8) is 0 Å². The van der Waals surface area contributed by atoms with E-state index in [1.165, 1.54) is 37.5 Å². The molecular formula is C17H20FN3O2. The number of fused-ring (bicyclic) bond motifs is 1. The van der Waals surface area contributed by atoms with Crippen molar-refractivity contribution in [1.29, 1.82) is 0 Å². The van der Waals surface area contributed by atoms with E-state index in [0.717, 1.165) is 12.8 Å². The van der Waals surface area contributed by atoms with E-state index in [1.54, 1.807) is 0 Å². The molecule has 3 rings (SSSR count). The van der Waals surface area contributed by atoms with E-state index in [0.29, 0.717) is 5.92 Å². The van der Waals surface area contributed by atoms with Crippen LogP contribution in [0.2, 0.25) is 0 Å². The van der Waals surface area contributed by atoms with Crippen LogP contribution in [0.4, 0.5) is 4.39 Å². The van der Waals surface area contributed by atoms with Crippen molar-refractivity contribution < 1.29 is 9.18 Å². The average molecular weight is 317 g/mol. The summed E-state index contributed by atoms with van der Waals surface area (Å²) in [5.41, 5.74) is -0.744. The quantitative estimate of drug-likeness (QED) is 0.914. The van der Waals surface area contributed by atoms with Gasteiger partial charge in [-0.3, -0.25) is 14.7 Å². The summed E-state index contributed by atoms with van der Waals surface area (Å²) in [6.07, 6.45) is 5.79. The SMILES string of the molecule is CC(NC(=O)c1n[nH]c2c(F)cccc2c1=O)C1CCCCC1. The molecule has 1 aromatic heterocycles. The van der Waals surface area contributed by atoms with Gasteiger partial charge in [-0.15, -0.1) is 0 Å². The minimum Gasteiger partial charge on any atom is -0.348 e. The molecule has 1 aromatic carbocycles. The van der Waals surface area contributed by atoms with Gasteiger partial charge in [0.05, 0.1) is 5.39 Å². The Hall–Kier alpha value is -2.24. The molecule has 1 amide bonds. The molecule has 5 nitrogen and oxygen atoms in total. The number of rotatable bonds is 3. The van der Waals surface area contributed by atoms with Crippen LogP contribution in [-0.2, 0) is 0 Å². The Kier molecular flexibility index (Phi) is 4.41. The van der Waals surface area contributed by atoms with Crippen molar-refractivity contribution >= 4 is 16.8 Å². The Labute approximate surface area is 133 Å². The van der Waals surface area contributed by atoms with Crippen molar-refractivity contribution in [3.8, 4) is 0 Å². The van der Waals surface area contributed by atoms with Crippen LogP contribution in [0.15, 0.2) is 23.0 Å². The highest BCUT2D eigenvalue weighted by atomic mass is 19.1. The van der Waals surface area contributed by atoms with E-state index in [2.05, 4.69) is 15.5 Å². The second-order valence-electron chi connectivity index (χ2n) is 6.22. The maximum Gasteiger partial charge on any atom is 0.276 e. The number of benzene rings is 1. The summed E-state index contributed by atoms with van der Waals surface area (Å²) in [7, 11) is 0. The lowest BCUT2D eigenvalue weighted by Gasteiger charge is -2.28. The molecule has 0 aliphatic heterocycles. The number of aromatic nitrogens is 2. The molecule has 1 aliphatic carbocycles. The number of hydrogen-bond acceptors (Lipinski definition) is 3. The number of carbonyl (C=O) groups excluding carboxylic acids is 1. The summed E-state index contributed by atoms with van der Waals surface area (Å²) in [5.74, 6) is -0.630. The zero-order chi connectivity index (χ0) is 16.4. The Balaban J connectivity index is 1.83. The average Bonchev–Trinajstić information content (AvgIpc) is 2.56. The third-order valence-corrected chi connectivity index (χ3v) is 4.68. The van der Waals surface area contributed by atoms with Crippen molar-refractivity contribution in [1.82, 2.24) is 15.5 Å². The van der Waals surface area contributed by atoms with Crippen LogP contribution in [0.3, 0.4) is 0 Å². The summed E-state index contributed by atoms with van der Waals surface area (Å²) < 4.78 is 13.6. The van der Waals surface area contributed by atoms with Gasteiger partial charge in [-0.05, 0) is 37.8 Å². The first-order valence-electron chi connectivity index (χ1n) is 8.05. The summed E-state index contributed by atoms with van der Waals surface area (Å²) in [6.45, 7) is 1.96. The van der Waals surface area contributed by atoms with Gasteiger partial charge in [0, 0.05) is 6.04 Å². The van der Waals surface area contributed by atoms with Gasteiger partial charge in [-0.1, -0.05) is 25.3 Å². The second-order valence-corrected chi connectivity index (χ2v) is 6.22. The number of hydrogen-bond donors (Lipinski definition) is 2. The molecule has 1 aliphatic rings. The summed E-state index contributed by atoms with van der Waals surface area (Å²) in [4.78, 5) is 24.7. The second kappa shape index (κ2) is 6.48. The van der Waals surface area contributed by atoms with E-state index in [4.69, 9.17) is 0 Å². The summed E-state index contributed by atoms with van der Waals surface area (Å²) in [5, 5.41) is 9.26. The molecule has 6 heteroatoms. The van der Waals surface area contributed by atoms with Crippen molar-refractivity contribution in [2.24, 2.45) is 5.92 Å². The fraction of sp³-hybridized carbons (Fsp3) is 0.471. The molecule has 2 N–H and O–H groups in total. The Morgan fingerprint density at radius 2 is 2.09 bits per heavy atom. The molecule has 0 spiro atoms. The fourth-order valence-electron chi connectivity index (χ4n) is 3.30. The molecule has 1 unspecified atom stereocenters. The van der Waals surface area contributed by atoms with Crippen LogP contribution in [-0.4, -0.2) is 22.1 Å². The van der Waals surface area contributed by atoms with E-state index in [1.807, 2.05) is 6.92 Å². The first-order valence-corrected chi connectivity index (χ1v) is 8.05. The first kappa shape index (κ1) is 15.6. The van der Waals surface area contributed by atoms with E-state index in [-0.39, 0.29) is 22.6 Å². The van der Waals surface area contributed by atoms with Gasteiger partial charge in [-0.25, -0.2) is 4.39 Å². The Morgan fingerprint density at radius 1 is 1.35 bits per heavy atom. The molecular weight excluding hydrogens is 297 g/mol. The molecule has 0 bridgehead atoms. The Morgan fingerprint density at radius 3 is 2.83 bits per heavy atom. The van der Waals surface area contributed by atoms with E-state index < -0.39 is 17.2 Å². The molecule has 23 heavy (non-hydrogen) atoms. The topological polar surface area (TPSA) is 74.8 Å². The normalized spacial score (nSPS) is 17.1. The number of aromatic amines is 1. The van der Waals surface area contributed by atoms with Gasteiger partial charge in [0.15, 0.2) is 5.69 Å². The van der Waals surface area contributed by atoms with Crippen LogP contribution in [0.5, 0.6) is 0 Å². The van der Waals surface area contributed by atoms with Gasteiger partial charge in [0.2, 0.25) is 5.43 Å². The van der Waals surface area contributed by atoms with Crippen LogP contribution >= 0.6 is 0 Å². The molecule has 0 radical (unpaired) electrons. The number of amides is 1. The van der Waals surface area contributed by atoms with Gasteiger partial charge in [0.25, 0.3) is 5.91 Å². The number of H-pyrrole nitrogens is 1. The highest BCUT2D eigenvalue weighted by Crippen LogP contribution is 2.26. The van der Waals surface area contributed by atoms with Gasteiger partial charge in [0.1, 0.15) is 11.3 Å². The minimum absolute atomic E-state index is 0.00722. The summed E-state index contributed by atoms with van der Waals surface area (Å²) >= 11 is 0. The van der Waals surface area contributed by atoms with Crippen molar-refractivity contribution in [2.75, 3.05) is 0 Å². The van der Waals surface area contributed by atoms with E-state index >= 15 is 0 Å². The van der Waals surface area contributed by atoms with E-state index in [9.17, 15) is 14.0 Å². The highest BCUT2D eigenvalue weighted by molar-refractivity contribution is 5.95. The molecule has 2 aromatic rings. The highest BCUT2D eigenvalue weighted by Gasteiger charge is 2.24. The monoisotopic (exact) mass is 317 g/mol. The standard InChI is InChI=1S/C17H20FN3O2/c1-10(11-6-3-2-4-7-11)19-17(23)15-16(22)12-8-5-9-13(18)14(12)20-21-15/h5,8-11H,2-4,6-7H2,1H3,(H,19,23)(H,20,22). The maximum atomic E-state index is 13.6. The molecule has 1 atom stereocenters. The van der Waals surface area contributed by atoms with Gasteiger partial charge >= 0.3 is 0 Å². The van der Waals surface area contributed by atoms with Crippen molar-refractivity contribution in [3.05, 3.63) is 39.9 Å². The smallest absolute Gasteiger partial charge is 0.276 e. The third kappa shape index (κ3) is 3.11. The van der Waals surface area contributed by atoms with Gasteiger partial charge < -0.3 is 5.32 Å². The van der Waals surface area contributed by atoms with Crippen LogP contribution in [0.25, 0.3) is 10.9 Å². The predicted octanol–water partition coefficient (Wildman–Crippen LogP) is 2.76.